The summed E-state index contributed by atoms with van der Waals surface area (Å²) in [5.74, 6) is -0.991. The van der Waals surface area contributed by atoms with Crippen LogP contribution in [0.5, 0.6) is 5.88 Å². The summed E-state index contributed by atoms with van der Waals surface area (Å²) in [6.45, 7) is 0.855. The lowest BCUT2D eigenvalue weighted by Crippen LogP contribution is -2.21. The van der Waals surface area contributed by atoms with E-state index in [4.69, 9.17) is 4.74 Å². The van der Waals surface area contributed by atoms with Crippen molar-refractivity contribution < 1.29 is 22.7 Å². The van der Waals surface area contributed by atoms with Crippen LogP contribution in [-0.2, 0) is 12.6 Å². The molecular formula is C20H21F3N6O2. The fourth-order valence-electron chi connectivity index (χ4n) is 2.80. The Morgan fingerprint density at radius 1 is 1.13 bits per heavy atom. The van der Waals surface area contributed by atoms with Gasteiger partial charge < -0.3 is 15.0 Å². The molecule has 0 fully saturated rings. The number of alkyl halides is 3. The van der Waals surface area contributed by atoms with Gasteiger partial charge >= 0.3 is 6.18 Å². The van der Waals surface area contributed by atoms with Gasteiger partial charge in [0.05, 0.1) is 18.9 Å². The van der Waals surface area contributed by atoms with Crippen LogP contribution in [0, 0.1) is 0 Å². The van der Waals surface area contributed by atoms with Crippen LogP contribution < -0.4 is 10.1 Å². The van der Waals surface area contributed by atoms with Gasteiger partial charge in [-0.2, -0.15) is 18.3 Å². The van der Waals surface area contributed by atoms with E-state index in [9.17, 15) is 18.0 Å². The van der Waals surface area contributed by atoms with Crippen molar-refractivity contribution in [2.45, 2.75) is 12.6 Å². The second-order valence-corrected chi connectivity index (χ2v) is 6.95. The molecule has 2 aromatic heterocycles. The summed E-state index contributed by atoms with van der Waals surface area (Å²) in [5.41, 5.74) is -0.439. The first-order valence-corrected chi connectivity index (χ1v) is 9.27. The van der Waals surface area contributed by atoms with Crippen LogP contribution in [0.2, 0.25) is 0 Å². The first-order chi connectivity index (χ1) is 14.7. The Morgan fingerprint density at radius 2 is 1.84 bits per heavy atom. The molecule has 0 aliphatic rings. The van der Waals surface area contributed by atoms with Crippen LogP contribution in [0.3, 0.4) is 0 Å². The fraction of sp³-hybridized carbons (Fsp3) is 0.300. The number of aromatic nitrogens is 4. The van der Waals surface area contributed by atoms with Crippen molar-refractivity contribution in [3.63, 3.8) is 0 Å². The number of amides is 1. The van der Waals surface area contributed by atoms with Gasteiger partial charge in [-0.25, -0.2) is 4.68 Å². The van der Waals surface area contributed by atoms with Crippen molar-refractivity contribution in [3.05, 3.63) is 59.4 Å². The molecule has 1 amide bonds. The van der Waals surface area contributed by atoms with E-state index in [1.807, 2.05) is 31.1 Å². The highest BCUT2D eigenvalue weighted by atomic mass is 19.4. The number of halogens is 3. The number of likely N-dealkylation sites (N-methyl/N-ethyl adjacent to an activating group) is 1. The molecule has 3 aromatic rings. The number of carbonyl (C=O) groups excluding carboxylic acids is 1. The maximum Gasteiger partial charge on any atom is 0.434 e. The summed E-state index contributed by atoms with van der Waals surface area (Å²) in [7, 11) is 5.28. The summed E-state index contributed by atoms with van der Waals surface area (Å²) in [6.07, 6.45) is -3.18. The van der Waals surface area contributed by atoms with E-state index in [1.165, 1.54) is 19.2 Å². The smallest absolute Gasteiger partial charge is 0.434 e. The van der Waals surface area contributed by atoms with Crippen molar-refractivity contribution in [3.8, 4) is 11.7 Å². The monoisotopic (exact) mass is 434 g/mol. The van der Waals surface area contributed by atoms with E-state index in [1.54, 1.807) is 12.1 Å². The second kappa shape index (κ2) is 9.13. The third-order valence-corrected chi connectivity index (χ3v) is 4.39. The molecule has 0 atom stereocenters. The molecule has 1 aromatic carbocycles. The summed E-state index contributed by atoms with van der Waals surface area (Å²) < 4.78 is 46.7. The molecule has 0 bridgehead atoms. The molecule has 0 aliphatic carbocycles. The SMILES string of the molecule is COc1ccc(-n2ncc(C(=O)Nc3ccc(CCN(C)C)cc3)c2C(F)(F)F)nn1. The van der Waals surface area contributed by atoms with Crippen molar-refractivity contribution >= 4 is 11.6 Å². The van der Waals surface area contributed by atoms with Crippen LogP contribution >= 0.6 is 0 Å². The molecule has 2 heterocycles. The third-order valence-electron chi connectivity index (χ3n) is 4.39. The normalized spacial score (nSPS) is 11.6. The number of anilines is 1. The summed E-state index contributed by atoms with van der Waals surface area (Å²) in [5, 5.41) is 13.5. The standard InChI is InChI=1S/C20H21F3N6O2/c1-28(2)11-10-13-4-6-14(7-5-13)25-19(30)15-12-24-29(18(15)20(21,22)23)16-8-9-17(31-3)27-26-16/h4-9,12H,10-11H2,1-3H3,(H,25,30). The minimum absolute atomic E-state index is 0.136. The lowest BCUT2D eigenvalue weighted by atomic mass is 10.1. The molecule has 1 N–H and O–H groups in total. The lowest BCUT2D eigenvalue weighted by Gasteiger charge is -2.12. The topological polar surface area (TPSA) is 85.2 Å². The molecule has 3 rings (SSSR count). The highest BCUT2D eigenvalue weighted by molar-refractivity contribution is 6.05. The quantitative estimate of drug-likeness (QED) is 0.615. The number of hydrogen-bond donors (Lipinski definition) is 1. The van der Waals surface area contributed by atoms with Crippen molar-refractivity contribution in [1.82, 2.24) is 24.9 Å². The number of carbonyl (C=O) groups is 1. The van der Waals surface area contributed by atoms with Gasteiger partial charge in [0.2, 0.25) is 5.88 Å². The second-order valence-electron chi connectivity index (χ2n) is 6.95. The van der Waals surface area contributed by atoms with Gasteiger partial charge in [-0.1, -0.05) is 12.1 Å². The van der Waals surface area contributed by atoms with Gasteiger partial charge in [-0.05, 0) is 44.3 Å². The van der Waals surface area contributed by atoms with E-state index in [0.717, 1.165) is 24.7 Å². The zero-order valence-corrected chi connectivity index (χ0v) is 17.1. The van der Waals surface area contributed by atoms with Gasteiger partial charge in [-0.15, -0.1) is 10.2 Å². The number of hydrogen-bond acceptors (Lipinski definition) is 6. The zero-order chi connectivity index (χ0) is 22.6. The molecule has 0 saturated carbocycles. The van der Waals surface area contributed by atoms with Crippen LogP contribution in [0.4, 0.5) is 18.9 Å². The summed E-state index contributed by atoms with van der Waals surface area (Å²) in [4.78, 5) is 14.6. The van der Waals surface area contributed by atoms with Crippen LogP contribution in [0.15, 0.2) is 42.6 Å². The van der Waals surface area contributed by atoms with Gasteiger partial charge in [0, 0.05) is 18.3 Å². The Balaban J connectivity index is 1.84. The first kappa shape index (κ1) is 22.2. The molecule has 8 nitrogen and oxygen atoms in total. The van der Waals surface area contributed by atoms with Gasteiger partial charge in [-0.3, -0.25) is 4.79 Å². The predicted octanol–water partition coefficient (Wildman–Crippen LogP) is 3.05. The van der Waals surface area contributed by atoms with E-state index in [0.29, 0.717) is 10.4 Å². The Kier molecular flexibility index (Phi) is 6.54. The molecule has 0 aliphatic heterocycles. The van der Waals surface area contributed by atoms with Crippen molar-refractivity contribution in [1.29, 1.82) is 0 Å². The minimum atomic E-state index is -4.85. The predicted molar refractivity (Wildman–Crippen MR) is 107 cm³/mol. The maximum absolute atomic E-state index is 13.8. The van der Waals surface area contributed by atoms with Crippen LogP contribution in [0.1, 0.15) is 21.6 Å². The molecule has 0 spiro atoms. The number of methoxy groups -OCH3 is 1. The molecule has 164 valence electrons. The molecule has 0 unspecified atom stereocenters. The van der Waals surface area contributed by atoms with E-state index < -0.39 is 23.3 Å². The molecular weight excluding hydrogens is 413 g/mol. The van der Waals surface area contributed by atoms with E-state index in [-0.39, 0.29) is 11.7 Å². The largest absolute Gasteiger partial charge is 0.480 e. The van der Waals surface area contributed by atoms with E-state index in [2.05, 4.69) is 20.6 Å². The number of ether oxygens (including phenoxy) is 1. The Hall–Kier alpha value is -3.47. The average molecular weight is 434 g/mol. The van der Waals surface area contributed by atoms with Crippen molar-refractivity contribution in [2.24, 2.45) is 0 Å². The van der Waals surface area contributed by atoms with Crippen molar-refractivity contribution in [2.75, 3.05) is 33.1 Å². The average Bonchev–Trinajstić information content (AvgIpc) is 3.19. The molecule has 0 radical (unpaired) electrons. The Morgan fingerprint density at radius 3 is 2.39 bits per heavy atom. The number of nitrogens with one attached hydrogen (secondary N) is 1. The summed E-state index contributed by atoms with van der Waals surface area (Å²) in [6, 6.07) is 9.55. The van der Waals surface area contributed by atoms with E-state index >= 15 is 0 Å². The Bertz CT molecular complexity index is 1030. The number of benzene rings is 1. The van der Waals surface area contributed by atoms with Gasteiger partial charge in [0.25, 0.3) is 5.91 Å². The minimum Gasteiger partial charge on any atom is -0.480 e. The third kappa shape index (κ3) is 5.37. The van der Waals surface area contributed by atoms with Crippen LogP contribution in [0.25, 0.3) is 5.82 Å². The first-order valence-electron chi connectivity index (χ1n) is 9.27. The summed E-state index contributed by atoms with van der Waals surface area (Å²) >= 11 is 0. The molecule has 11 heteroatoms. The van der Waals surface area contributed by atoms with Crippen LogP contribution in [-0.4, -0.2) is 58.5 Å². The highest BCUT2D eigenvalue weighted by Crippen LogP contribution is 2.33. The highest BCUT2D eigenvalue weighted by Gasteiger charge is 2.41. The fourth-order valence-corrected chi connectivity index (χ4v) is 2.80. The molecule has 31 heavy (non-hydrogen) atoms. The van der Waals surface area contributed by atoms with Gasteiger partial charge in [0.1, 0.15) is 0 Å². The maximum atomic E-state index is 13.8. The lowest BCUT2D eigenvalue weighted by molar-refractivity contribution is -0.143. The number of nitrogens with zero attached hydrogens (tertiary/aromatic N) is 5. The Labute approximate surface area is 176 Å². The van der Waals surface area contributed by atoms with Gasteiger partial charge in [0.15, 0.2) is 11.5 Å². The number of rotatable bonds is 7. The zero-order valence-electron chi connectivity index (χ0n) is 17.1. The molecule has 0 saturated heterocycles.